The van der Waals surface area contributed by atoms with Crippen molar-refractivity contribution in [2.45, 2.75) is 6.92 Å². The van der Waals surface area contributed by atoms with E-state index in [9.17, 15) is 9.59 Å². The first-order chi connectivity index (χ1) is 15.5. The first-order valence-electron chi connectivity index (χ1n) is 10.7. The number of aromatic nitrogens is 3. The summed E-state index contributed by atoms with van der Waals surface area (Å²) in [4.78, 5) is 38.8. The van der Waals surface area contributed by atoms with E-state index in [1.807, 2.05) is 28.6 Å². The number of pyridine rings is 1. The number of hydrogen-bond donors (Lipinski definition) is 1. The third-order valence-corrected chi connectivity index (χ3v) is 5.80. The number of aryl methyl sites for hydroxylation is 1. The molecule has 9 heteroatoms. The number of methoxy groups -OCH3 is 1. The predicted molar refractivity (Wildman–Crippen MR) is 122 cm³/mol. The van der Waals surface area contributed by atoms with Gasteiger partial charge in [-0.1, -0.05) is 6.92 Å². The highest BCUT2D eigenvalue weighted by Gasteiger charge is 2.26. The Morgan fingerprint density at radius 1 is 1.12 bits per heavy atom. The minimum absolute atomic E-state index is 0.0575. The lowest BCUT2D eigenvalue weighted by atomic mass is 10.1. The summed E-state index contributed by atoms with van der Waals surface area (Å²) in [5, 5.41) is 2.82. The Morgan fingerprint density at radius 2 is 1.84 bits per heavy atom. The van der Waals surface area contributed by atoms with Gasteiger partial charge in [-0.3, -0.25) is 14.6 Å². The molecule has 0 saturated carbocycles. The molecule has 2 amide bonds. The lowest BCUT2D eigenvalue weighted by Gasteiger charge is -2.34. The number of rotatable bonds is 6. The molecule has 3 heterocycles. The Hall–Kier alpha value is -3.30. The fourth-order valence-corrected chi connectivity index (χ4v) is 4.11. The van der Waals surface area contributed by atoms with Crippen molar-refractivity contribution in [2.24, 2.45) is 7.05 Å². The van der Waals surface area contributed by atoms with E-state index in [2.05, 4.69) is 22.1 Å². The number of carbonyl (C=O) groups is 2. The number of nitrogens with one attached hydrogen (secondary N) is 1. The van der Waals surface area contributed by atoms with Crippen LogP contribution in [0.25, 0.3) is 22.4 Å². The second kappa shape index (κ2) is 9.46. The Labute approximate surface area is 187 Å². The topological polar surface area (TPSA) is 92.6 Å². The van der Waals surface area contributed by atoms with Crippen molar-refractivity contribution in [3.63, 3.8) is 0 Å². The molecule has 2 aromatic heterocycles. The summed E-state index contributed by atoms with van der Waals surface area (Å²) in [6.07, 6.45) is 3.43. The van der Waals surface area contributed by atoms with E-state index in [0.29, 0.717) is 29.9 Å². The molecule has 3 aromatic rings. The van der Waals surface area contributed by atoms with Crippen molar-refractivity contribution in [3.8, 4) is 11.4 Å². The molecule has 1 N–H and O–H groups in total. The normalized spacial score (nSPS) is 14.7. The van der Waals surface area contributed by atoms with Gasteiger partial charge in [0.25, 0.3) is 5.91 Å². The number of anilines is 1. The lowest BCUT2D eigenvalue weighted by Crippen LogP contribution is -2.48. The number of amides is 2. The van der Waals surface area contributed by atoms with Crippen LogP contribution < -0.4 is 5.32 Å². The summed E-state index contributed by atoms with van der Waals surface area (Å²) in [6, 6.07) is 7.30. The van der Waals surface area contributed by atoms with Gasteiger partial charge in [0.1, 0.15) is 12.4 Å². The molecule has 1 aromatic carbocycles. The average molecular weight is 437 g/mol. The van der Waals surface area contributed by atoms with Crippen LogP contribution in [0, 0.1) is 0 Å². The third kappa shape index (κ3) is 4.35. The number of imidazole rings is 1. The van der Waals surface area contributed by atoms with Crippen LogP contribution in [0.1, 0.15) is 17.3 Å². The number of piperazine rings is 1. The molecule has 168 valence electrons. The van der Waals surface area contributed by atoms with Crippen LogP contribution in [0.15, 0.2) is 36.7 Å². The Bertz CT molecular complexity index is 1120. The van der Waals surface area contributed by atoms with Gasteiger partial charge >= 0.3 is 0 Å². The molecule has 4 rings (SSSR count). The standard InChI is InChI=1S/C23H28N6O3/c1-4-28-9-11-29(12-10-28)23(31)18-13-17(25-20(30)15-32-3)14-19-21(18)27(2)22(26-19)16-5-7-24-8-6-16/h5-8,13-14H,4,9-12,15H2,1-3H3,(H,25,30). The second-order valence-electron chi connectivity index (χ2n) is 7.83. The molecule has 0 spiro atoms. The maximum absolute atomic E-state index is 13.6. The predicted octanol–water partition coefficient (Wildman–Crippen LogP) is 2.00. The van der Waals surface area contributed by atoms with E-state index >= 15 is 0 Å². The van der Waals surface area contributed by atoms with Gasteiger partial charge in [-0.05, 0) is 30.8 Å². The average Bonchev–Trinajstić information content (AvgIpc) is 3.15. The number of ether oxygens (including phenoxy) is 1. The summed E-state index contributed by atoms with van der Waals surface area (Å²) in [7, 11) is 3.37. The molecule has 1 saturated heterocycles. The summed E-state index contributed by atoms with van der Waals surface area (Å²) in [5.41, 5.74) is 3.33. The molecule has 0 aliphatic carbocycles. The van der Waals surface area contributed by atoms with Crippen LogP contribution in [-0.4, -0.2) is 82.6 Å². The number of nitrogens with zero attached hydrogens (tertiary/aromatic N) is 5. The summed E-state index contributed by atoms with van der Waals surface area (Å²) in [6.45, 7) is 6.08. The van der Waals surface area contributed by atoms with Gasteiger partial charge < -0.3 is 24.4 Å². The minimum atomic E-state index is -0.285. The maximum Gasteiger partial charge on any atom is 0.256 e. The zero-order valence-electron chi connectivity index (χ0n) is 18.7. The van der Waals surface area contributed by atoms with Crippen molar-refractivity contribution in [1.29, 1.82) is 0 Å². The van der Waals surface area contributed by atoms with Crippen molar-refractivity contribution in [3.05, 3.63) is 42.2 Å². The molecule has 0 unspecified atom stereocenters. The van der Waals surface area contributed by atoms with Gasteiger partial charge in [-0.2, -0.15) is 0 Å². The molecule has 9 nitrogen and oxygen atoms in total. The minimum Gasteiger partial charge on any atom is -0.375 e. The van der Waals surface area contributed by atoms with E-state index in [1.54, 1.807) is 24.5 Å². The fraction of sp³-hybridized carbons (Fsp3) is 0.391. The smallest absolute Gasteiger partial charge is 0.256 e. The quantitative estimate of drug-likeness (QED) is 0.635. The molecule has 1 fully saturated rings. The van der Waals surface area contributed by atoms with E-state index in [0.717, 1.165) is 36.5 Å². The van der Waals surface area contributed by atoms with Crippen molar-refractivity contribution >= 4 is 28.5 Å². The number of hydrogen-bond acceptors (Lipinski definition) is 6. The van der Waals surface area contributed by atoms with Crippen LogP contribution in [0.2, 0.25) is 0 Å². The van der Waals surface area contributed by atoms with E-state index < -0.39 is 0 Å². The molecule has 32 heavy (non-hydrogen) atoms. The van der Waals surface area contributed by atoms with Gasteiger partial charge in [0.15, 0.2) is 0 Å². The monoisotopic (exact) mass is 436 g/mol. The molecular formula is C23H28N6O3. The van der Waals surface area contributed by atoms with Gasteiger partial charge in [-0.15, -0.1) is 0 Å². The Balaban J connectivity index is 1.78. The highest BCUT2D eigenvalue weighted by molar-refractivity contribution is 6.08. The van der Waals surface area contributed by atoms with E-state index in [1.165, 1.54) is 7.11 Å². The zero-order chi connectivity index (χ0) is 22.7. The largest absolute Gasteiger partial charge is 0.375 e. The summed E-state index contributed by atoms with van der Waals surface area (Å²) < 4.78 is 6.85. The van der Waals surface area contributed by atoms with Gasteiger partial charge in [0, 0.05) is 64.0 Å². The number of fused-ring (bicyclic) bond motifs is 1. The SMILES string of the molecule is CCN1CCN(C(=O)c2cc(NC(=O)COC)cc3nc(-c4ccncc4)n(C)c23)CC1. The first kappa shape index (κ1) is 21.9. The second-order valence-corrected chi connectivity index (χ2v) is 7.83. The Kier molecular flexibility index (Phi) is 6.48. The number of carbonyl (C=O) groups excluding carboxylic acids is 2. The Morgan fingerprint density at radius 3 is 2.50 bits per heavy atom. The van der Waals surface area contributed by atoms with E-state index in [-0.39, 0.29) is 18.4 Å². The summed E-state index contributed by atoms with van der Waals surface area (Å²) >= 11 is 0. The highest BCUT2D eigenvalue weighted by Crippen LogP contribution is 2.30. The van der Waals surface area contributed by atoms with Gasteiger partial charge in [-0.25, -0.2) is 4.98 Å². The number of likely N-dealkylation sites (N-methyl/N-ethyl adjacent to an activating group) is 1. The maximum atomic E-state index is 13.6. The zero-order valence-corrected chi connectivity index (χ0v) is 18.7. The van der Waals surface area contributed by atoms with Crippen LogP contribution in [-0.2, 0) is 16.6 Å². The van der Waals surface area contributed by atoms with Crippen LogP contribution in [0.4, 0.5) is 5.69 Å². The van der Waals surface area contributed by atoms with E-state index in [4.69, 9.17) is 9.72 Å². The van der Waals surface area contributed by atoms with Gasteiger partial charge in [0.2, 0.25) is 5.91 Å². The molecule has 1 aliphatic heterocycles. The fourth-order valence-electron chi connectivity index (χ4n) is 4.11. The molecule has 0 radical (unpaired) electrons. The van der Waals surface area contributed by atoms with Crippen LogP contribution >= 0.6 is 0 Å². The first-order valence-corrected chi connectivity index (χ1v) is 10.7. The van der Waals surface area contributed by atoms with Crippen LogP contribution in [0.3, 0.4) is 0 Å². The molecule has 1 aliphatic rings. The highest BCUT2D eigenvalue weighted by atomic mass is 16.5. The van der Waals surface area contributed by atoms with Crippen LogP contribution in [0.5, 0.6) is 0 Å². The molecule has 0 bridgehead atoms. The van der Waals surface area contributed by atoms with Crippen molar-refractivity contribution < 1.29 is 14.3 Å². The lowest BCUT2D eigenvalue weighted by molar-refractivity contribution is -0.119. The van der Waals surface area contributed by atoms with Gasteiger partial charge in [0.05, 0.1) is 16.6 Å². The van der Waals surface area contributed by atoms with Crippen molar-refractivity contribution in [1.82, 2.24) is 24.3 Å². The molecular weight excluding hydrogens is 408 g/mol. The molecule has 0 atom stereocenters. The summed E-state index contributed by atoms with van der Waals surface area (Å²) in [5.74, 6) is 0.387. The van der Waals surface area contributed by atoms with Crippen molar-refractivity contribution in [2.75, 3.05) is 51.8 Å². The number of benzene rings is 1. The third-order valence-electron chi connectivity index (χ3n) is 5.80.